The molecule has 2 aromatic carbocycles. The lowest BCUT2D eigenvalue weighted by atomic mass is 9.90. The number of benzene rings is 2. The van der Waals surface area contributed by atoms with E-state index in [4.69, 9.17) is 54.5 Å². The third-order valence-electron chi connectivity index (χ3n) is 15.6. The molecule has 4 amide bonds. The molecule has 4 unspecified atom stereocenters. The molecule has 3 aliphatic carbocycles. The van der Waals surface area contributed by atoms with Crippen molar-refractivity contribution < 1.29 is 75.8 Å². The van der Waals surface area contributed by atoms with Crippen LogP contribution in [0, 0.1) is 34.8 Å². The minimum Gasteiger partial charge on any atom is -0.492 e. The zero-order chi connectivity index (χ0) is 59.5. The summed E-state index contributed by atoms with van der Waals surface area (Å²) in [6.45, 7) is 7.74. The monoisotopic (exact) mass is 1170 g/mol. The van der Waals surface area contributed by atoms with Gasteiger partial charge in [-0.3, -0.25) is 29.0 Å². The molecule has 12 rings (SSSR count). The first-order valence-corrected chi connectivity index (χ1v) is 27.3. The maximum atomic E-state index is 15.0. The number of likely N-dealkylation sites (tertiary alicyclic amines) is 1. The summed E-state index contributed by atoms with van der Waals surface area (Å²) in [5.41, 5.74) is 13.3. The van der Waals surface area contributed by atoms with E-state index in [2.05, 4.69) is 46.9 Å². The van der Waals surface area contributed by atoms with Crippen molar-refractivity contribution in [1.82, 2.24) is 30.2 Å². The average Bonchev–Trinajstić information content (AvgIpc) is 3.98. The van der Waals surface area contributed by atoms with E-state index < -0.39 is 46.6 Å². The lowest BCUT2D eigenvalue weighted by molar-refractivity contribution is -0.136. The molecular weight excluding hydrogens is 1100 g/mol. The van der Waals surface area contributed by atoms with Crippen LogP contribution in [0.1, 0.15) is 79.9 Å². The van der Waals surface area contributed by atoms with Gasteiger partial charge in [0.15, 0.2) is 48.1 Å². The Labute approximate surface area is 479 Å². The minimum atomic E-state index is -0.681. The number of cyclic esters (lactones) is 1. The second-order valence-electron chi connectivity index (χ2n) is 22.7. The van der Waals surface area contributed by atoms with Crippen LogP contribution in [-0.4, -0.2) is 162 Å². The number of hydrogen-bond acceptors (Lipinski definition) is 22. The van der Waals surface area contributed by atoms with Crippen LogP contribution in [0.25, 0.3) is 0 Å². The Hall–Kier alpha value is -8.59. The van der Waals surface area contributed by atoms with Crippen LogP contribution in [0.4, 0.5) is 41.6 Å². The van der Waals surface area contributed by atoms with Crippen LogP contribution >= 0.6 is 0 Å². The second-order valence-corrected chi connectivity index (χ2v) is 22.7. The number of nitrogens with one attached hydrogen (secondary N) is 3. The molecule has 29 heteroatoms. The van der Waals surface area contributed by atoms with Crippen molar-refractivity contribution in [2.75, 3.05) is 92.7 Å². The summed E-state index contributed by atoms with van der Waals surface area (Å²) in [5, 5.41) is 25.2. The Kier molecular flexibility index (Phi) is 17.0. The molecule has 446 valence electrons. The van der Waals surface area contributed by atoms with Crippen molar-refractivity contribution in [2.45, 2.75) is 94.1 Å². The summed E-state index contributed by atoms with van der Waals surface area (Å²) in [7, 11) is 0. The highest BCUT2D eigenvalue weighted by Gasteiger charge is 2.49. The lowest BCUT2D eigenvalue weighted by Crippen LogP contribution is -2.48. The van der Waals surface area contributed by atoms with Gasteiger partial charge >= 0.3 is 12.2 Å². The highest BCUT2D eigenvalue weighted by Crippen LogP contribution is 2.44. The first-order valence-electron chi connectivity index (χ1n) is 27.3. The van der Waals surface area contributed by atoms with Gasteiger partial charge in [-0.15, -0.1) is 0 Å². The molecule has 1 spiro atoms. The van der Waals surface area contributed by atoms with E-state index in [1.54, 1.807) is 6.07 Å². The van der Waals surface area contributed by atoms with Gasteiger partial charge in [0.25, 0.3) is 36.5 Å². The van der Waals surface area contributed by atoms with Gasteiger partial charge in [-0.25, -0.2) is 38.3 Å². The maximum Gasteiger partial charge on any atom is 0.416 e. The van der Waals surface area contributed by atoms with E-state index in [0.717, 1.165) is 30.0 Å². The molecule has 4 fully saturated rings. The summed E-state index contributed by atoms with van der Waals surface area (Å²) < 4.78 is 68.4. The fraction of sp³-hybridized carbons (Fsp3) is 0.509. The van der Waals surface area contributed by atoms with Gasteiger partial charge in [-0.1, -0.05) is 0 Å². The summed E-state index contributed by atoms with van der Waals surface area (Å²) in [6, 6.07) is 6.95. The number of aromatic nitrogens is 4. The molecule has 2 aromatic heterocycles. The molecule has 3 saturated heterocycles. The largest absolute Gasteiger partial charge is 0.492 e. The number of nitriles is 1. The number of carbonyl (C=O) groups is 6. The quantitative estimate of drug-likeness (QED) is 0.0502. The standard InChI is InChI=1S/C29H33N7O7.C25H28F2N6O5.CH2O2/c1-28(2,31)15-41-19-7-17(10-30)20-8-18(24(42-16-37)21(20)9-19)12-35-5-3-29(4-6-35)14-36(27(39)43-29)22-11-32-26-25(33-22)34-23(38)13-40-26;26-17-7-18(37-12-25(28)2-3-25)21(27)16-6-13(5-15(16)17)8-29-4-1-14-10-33(24(35)38-14)19-9-30-23-22(31-19)32-20(34)11-36-23;2-1-3/h7,9,11,16,18,24H,3-6,8,12-15,31H2,1-2H3,(H,33,34,38);7,9,13-14,29H,1-6,8,10-12,28H2,(H,31,32,34);1H,(H,2,3). The molecule has 0 radical (unpaired) electrons. The van der Waals surface area contributed by atoms with Gasteiger partial charge in [0.05, 0.1) is 42.7 Å². The van der Waals surface area contributed by atoms with E-state index >= 15 is 0 Å². The molecule has 8 aliphatic rings. The number of nitrogens with two attached hydrogens (primary N) is 2. The Balaban J connectivity index is 0.000000180. The number of hydrogen-bond donors (Lipinski definition) is 6. The van der Waals surface area contributed by atoms with Crippen molar-refractivity contribution >= 4 is 60.2 Å². The van der Waals surface area contributed by atoms with E-state index in [9.17, 15) is 38.0 Å². The summed E-state index contributed by atoms with van der Waals surface area (Å²) in [5.74, 6) is 0.0452. The van der Waals surface area contributed by atoms with E-state index in [-0.39, 0.29) is 110 Å². The first-order chi connectivity index (χ1) is 40.3. The van der Waals surface area contributed by atoms with Crippen LogP contribution in [0.15, 0.2) is 30.6 Å². The number of carbonyl (C=O) groups excluding carboxylic acids is 5. The van der Waals surface area contributed by atoms with Crippen molar-refractivity contribution in [3.05, 3.63) is 70.0 Å². The number of amides is 4. The molecule has 4 atom stereocenters. The van der Waals surface area contributed by atoms with E-state index in [0.29, 0.717) is 107 Å². The predicted octanol–water partition coefficient (Wildman–Crippen LogP) is 3.05. The first kappa shape index (κ1) is 58.6. The Morgan fingerprint density at radius 3 is 2.19 bits per heavy atom. The summed E-state index contributed by atoms with van der Waals surface area (Å²) in [4.78, 5) is 90.3. The van der Waals surface area contributed by atoms with Crippen LogP contribution in [-0.2, 0) is 52.7 Å². The fourth-order valence-electron chi connectivity index (χ4n) is 11.1. The molecule has 7 heterocycles. The van der Waals surface area contributed by atoms with E-state index in [1.165, 1.54) is 22.2 Å². The number of halogens is 2. The number of piperidine rings is 1. The van der Waals surface area contributed by atoms with Crippen LogP contribution in [0.3, 0.4) is 0 Å². The number of ether oxygens (including phenoxy) is 7. The maximum absolute atomic E-state index is 15.0. The SMILES string of the molecule is CC(C)(N)COc1cc(C#N)c2c(c1)C(OC=O)C(CN1CCC3(CC1)CN(c1cnc4c(n1)NC(=O)CO4)C(=O)O3)C2.NC1(COc2cc(F)c3c(c2F)CC(CNCCC2CN(c4cnc5c(n4)NC(=O)CO5)C(=O)O2)C3)CC1.O=CO. The Bertz CT molecular complexity index is 3260. The minimum absolute atomic E-state index is 0.0411. The molecule has 5 aliphatic heterocycles. The normalized spacial score (nSPS) is 22.1. The number of nitrogens with zero attached hydrogens (tertiary/aromatic N) is 8. The zero-order valence-corrected chi connectivity index (χ0v) is 46.0. The van der Waals surface area contributed by atoms with Crippen LogP contribution < -0.4 is 56.2 Å². The Morgan fingerprint density at radius 1 is 0.905 bits per heavy atom. The zero-order valence-electron chi connectivity index (χ0n) is 46.0. The second kappa shape index (κ2) is 24.3. The third-order valence-corrected chi connectivity index (χ3v) is 15.6. The smallest absolute Gasteiger partial charge is 0.416 e. The number of rotatable bonds is 17. The third kappa shape index (κ3) is 13.3. The topological polar surface area (TPSA) is 360 Å². The molecule has 4 aromatic rings. The van der Waals surface area contributed by atoms with Gasteiger partial charge < -0.3 is 70.6 Å². The van der Waals surface area contributed by atoms with Crippen LogP contribution in [0.2, 0.25) is 0 Å². The van der Waals surface area contributed by atoms with Gasteiger partial charge in [0.1, 0.15) is 42.6 Å². The molecular formula is C55H63F2N13O14. The summed E-state index contributed by atoms with van der Waals surface area (Å²) >= 11 is 0. The fourth-order valence-corrected chi connectivity index (χ4v) is 11.1. The van der Waals surface area contributed by atoms with Gasteiger partial charge in [0, 0.05) is 55.6 Å². The Morgan fingerprint density at radius 2 is 1.56 bits per heavy atom. The molecule has 1 saturated carbocycles. The molecule has 0 bridgehead atoms. The van der Waals surface area contributed by atoms with Gasteiger partial charge in [0.2, 0.25) is 0 Å². The number of anilines is 4. The highest BCUT2D eigenvalue weighted by molar-refractivity contribution is 5.96. The lowest BCUT2D eigenvalue weighted by Gasteiger charge is -2.38. The van der Waals surface area contributed by atoms with Gasteiger partial charge in [-0.2, -0.15) is 5.26 Å². The number of fused-ring (bicyclic) bond motifs is 4. The highest BCUT2D eigenvalue weighted by atomic mass is 19.1. The van der Waals surface area contributed by atoms with Crippen molar-refractivity contribution in [2.24, 2.45) is 23.3 Å². The average molecular weight is 1170 g/mol. The van der Waals surface area contributed by atoms with Crippen molar-refractivity contribution in [1.29, 1.82) is 5.26 Å². The van der Waals surface area contributed by atoms with Crippen molar-refractivity contribution in [3.63, 3.8) is 0 Å². The summed E-state index contributed by atoms with van der Waals surface area (Å²) in [6.07, 6.45) is 5.70. The molecule has 8 N–H and O–H groups in total. The molecule has 27 nitrogen and oxygen atoms in total. The molecule has 84 heavy (non-hydrogen) atoms. The van der Waals surface area contributed by atoms with Crippen LogP contribution in [0.5, 0.6) is 23.3 Å². The number of carboxylic acid groups (broad SMARTS) is 1. The predicted molar refractivity (Wildman–Crippen MR) is 289 cm³/mol. The van der Waals surface area contributed by atoms with Crippen molar-refractivity contribution in [3.8, 4) is 29.3 Å². The van der Waals surface area contributed by atoms with E-state index in [1.807, 2.05) is 19.9 Å². The van der Waals surface area contributed by atoms with Gasteiger partial charge in [-0.05, 0) is 100 Å².